The van der Waals surface area contributed by atoms with Crippen LogP contribution >= 0.6 is 0 Å². The predicted octanol–water partition coefficient (Wildman–Crippen LogP) is 0.857. The summed E-state index contributed by atoms with van der Waals surface area (Å²) in [5.41, 5.74) is 7.10. The largest absolute Gasteiger partial charge is 0.481 e. The summed E-state index contributed by atoms with van der Waals surface area (Å²) < 4.78 is 5.21. The molecule has 0 amide bonds. The van der Waals surface area contributed by atoms with E-state index in [4.69, 9.17) is 15.6 Å². The van der Waals surface area contributed by atoms with Crippen molar-refractivity contribution in [3.63, 3.8) is 0 Å². The fourth-order valence-electron chi connectivity index (χ4n) is 1.48. The molecule has 0 bridgehead atoms. The number of aliphatic carboxylic acids is 1. The highest BCUT2D eigenvalue weighted by Crippen LogP contribution is 2.20. The number of carbonyl (C=O) groups is 1. The lowest BCUT2D eigenvalue weighted by Gasteiger charge is -2.17. The van der Waals surface area contributed by atoms with Crippen molar-refractivity contribution in [2.24, 2.45) is 5.73 Å². The van der Waals surface area contributed by atoms with Crippen molar-refractivity contribution >= 4 is 5.97 Å². The van der Waals surface area contributed by atoms with Crippen LogP contribution in [-0.4, -0.2) is 30.8 Å². The van der Waals surface area contributed by atoms with E-state index in [1.165, 1.54) is 0 Å². The molecular formula is C11H15NO3. The van der Waals surface area contributed by atoms with Gasteiger partial charge in [0.1, 0.15) is 6.10 Å². The van der Waals surface area contributed by atoms with Crippen LogP contribution in [0.1, 0.15) is 6.42 Å². The molecule has 0 saturated carbocycles. The Morgan fingerprint density at radius 1 is 1.73 bits per heavy atom. The highest BCUT2D eigenvalue weighted by Gasteiger charge is 2.14. The van der Waals surface area contributed by atoms with E-state index in [-0.39, 0.29) is 12.5 Å². The first-order valence-electron chi connectivity index (χ1n) is 4.71. The second-order valence-corrected chi connectivity index (χ2v) is 3.25. The fourth-order valence-corrected chi connectivity index (χ4v) is 1.48. The number of methoxy groups -OCH3 is 1. The summed E-state index contributed by atoms with van der Waals surface area (Å²) >= 11 is 0. The van der Waals surface area contributed by atoms with Crippen LogP contribution in [0.2, 0.25) is 0 Å². The van der Waals surface area contributed by atoms with Gasteiger partial charge < -0.3 is 15.6 Å². The lowest BCUT2D eigenvalue weighted by Crippen LogP contribution is -2.15. The van der Waals surface area contributed by atoms with Crippen LogP contribution in [0.5, 0.6) is 0 Å². The lowest BCUT2D eigenvalue weighted by atomic mass is 9.97. The minimum Gasteiger partial charge on any atom is -0.481 e. The predicted molar refractivity (Wildman–Crippen MR) is 57.4 cm³/mol. The molecule has 4 nitrogen and oxygen atoms in total. The summed E-state index contributed by atoms with van der Waals surface area (Å²) in [6.45, 7) is 0.417. The van der Waals surface area contributed by atoms with Crippen LogP contribution in [0.25, 0.3) is 0 Å². The van der Waals surface area contributed by atoms with E-state index in [9.17, 15) is 4.79 Å². The van der Waals surface area contributed by atoms with Gasteiger partial charge in [-0.25, -0.2) is 0 Å². The Balaban J connectivity index is 2.82. The third-order valence-corrected chi connectivity index (χ3v) is 2.13. The Morgan fingerprint density at radius 3 is 3.00 bits per heavy atom. The van der Waals surface area contributed by atoms with E-state index in [0.717, 1.165) is 11.1 Å². The van der Waals surface area contributed by atoms with Crippen molar-refractivity contribution < 1.29 is 14.6 Å². The summed E-state index contributed by atoms with van der Waals surface area (Å²) in [5, 5.41) is 8.65. The SMILES string of the molecule is COC1C=CC(CC(=O)O)=C/C1=C\CN. The number of carboxylic acids is 1. The van der Waals surface area contributed by atoms with Gasteiger partial charge in [0.05, 0.1) is 6.42 Å². The molecule has 0 aromatic rings. The van der Waals surface area contributed by atoms with Gasteiger partial charge in [-0.05, 0) is 11.1 Å². The number of allylic oxidation sites excluding steroid dienone is 1. The molecule has 82 valence electrons. The Kier molecular flexibility index (Phi) is 4.27. The van der Waals surface area contributed by atoms with Crippen LogP contribution in [0.15, 0.2) is 35.5 Å². The first-order chi connectivity index (χ1) is 7.17. The van der Waals surface area contributed by atoms with Gasteiger partial charge in [0.2, 0.25) is 0 Å². The monoisotopic (exact) mass is 209 g/mol. The number of hydrogen-bond donors (Lipinski definition) is 2. The summed E-state index contributed by atoms with van der Waals surface area (Å²) in [7, 11) is 1.61. The van der Waals surface area contributed by atoms with Crippen LogP contribution in [0.3, 0.4) is 0 Å². The van der Waals surface area contributed by atoms with Gasteiger partial charge in [0.15, 0.2) is 0 Å². The number of ether oxygens (including phenoxy) is 1. The third kappa shape index (κ3) is 3.34. The summed E-state index contributed by atoms with van der Waals surface area (Å²) in [5.74, 6) is -0.839. The quantitative estimate of drug-likeness (QED) is 0.720. The van der Waals surface area contributed by atoms with Crippen molar-refractivity contribution in [3.05, 3.63) is 35.5 Å². The number of rotatable bonds is 4. The minimum absolute atomic E-state index is 0.0227. The first kappa shape index (κ1) is 11.7. The molecule has 1 aliphatic rings. The van der Waals surface area contributed by atoms with Gasteiger partial charge in [-0.3, -0.25) is 4.79 Å². The molecule has 3 N–H and O–H groups in total. The smallest absolute Gasteiger partial charge is 0.307 e. The average Bonchev–Trinajstić information content (AvgIpc) is 2.18. The maximum absolute atomic E-state index is 10.5. The standard InChI is InChI=1S/C11H15NO3/c1-15-10-3-2-8(7-11(13)14)6-9(10)4-5-12/h2-4,6,10H,5,7,12H2,1H3,(H,13,14)/b9-4+. The number of hydrogen-bond acceptors (Lipinski definition) is 3. The Morgan fingerprint density at radius 2 is 2.47 bits per heavy atom. The van der Waals surface area contributed by atoms with Crippen LogP contribution in [0.4, 0.5) is 0 Å². The average molecular weight is 209 g/mol. The molecule has 15 heavy (non-hydrogen) atoms. The summed E-state index contributed by atoms with van der Waals surface area (Å²) in [6.07, 6.45) is 7.16. The summed E-state index contributed by atoms with van der Waals surface area (Å²) in [4.78, 5) is 10.5. The normalized spacial score (nSPS) is 22.9. The molecule has 0 heterocycles. The topological polar surface area (TPSA) is 72.5 Å². The molecule has 1 atom stereocenters. The fraction of sp³-hybridized carbons (Fsp3) is 0.364. The Bertz CT molecular complexity index is 329. The minimum atomic E-state index is -0.839. The van der Waals surface area contributed by atoms with Crippen molar-refractivity contribution in [3.8, 4) is 0 Å². The molecule has 0 aromatic heterocycles. The van der Waals surface area contributed by atoms with E-state index in [2.05, 4.69) is 0 Å². The third-order valence-electron chi connectivity index (χ3n) is 2.13. The molecule has 0 aromatic carbocycles. The Labute approximate surface area is 88.7 Å². The van der Waals surface area contributed by atoms with Crippen LogP contribution < -0.4 is 5.73 Å². The van der Waals surface area contributed by atoms with Crippen molar-refractivity contribution in [1.82, 2.24) is 0 Å². The van der Waals surface area contributed by atoms with Crippen molar-refractivity contribution in [2.45, 2.75) is 12.5 Å². The molecule has 1 unspecified atom stereocenters. The van der Waals surface area contributed by atoms with E-state index in [1.807, 2.05) is 18.2 Å². The highest BCUT2D eigenvalue weighted by atomic mass is 16.5. The highest BCUT2D eigenvalue weighted by molar-refractivity contribution is 5.71. The number of carboxylic acid groups (broad SMARTS) is 1. The van der Waals surface area contributed by atoms with E-state index < -0.39 is 5.97 Å². The van der Waals surface area contributed by atoms with Gasteiger partial charge in [-0.2, -0.15) is 0 Å². The number of nitrogens with two attached hydrogens (primary N) is 1. The van der Waals surface area contributed by atoms with Gasteiger partial charge in [0.25, 0.3) is 0 Å². The van der Waals surface area contributed by atoms with E-state index >= 15 is 0 Å². The zero-order valence-electron chi connectivity index (χ0n) is 8.64. The first-order valence-corrected chi connectivity index (χ1v) is 4.71. The second-order valence-electron chi connectivity index (χ2n) is 3.25. The van der Waals surface area contributed by atoms with Gasteiger partial charge >= 0.3 is 5.97 Å². The maximum Gasteiger partial charge on any atom is 0.307 e. The summed E-state index contributed by atoms with van der Waals surface area (Å²) in [6, 6.07) is 0. The van der Waals surface area contributed by atoms with E-state index in [1.54, 1.807) is 13.2 Å². The second kappa shape index (κ2) is 5.48. The lowest BCUT2D eigenvalue weighted by molar-refractivity contribution is -0.136. The van der Waals surface area contributed by atoms with Gasteiger partial charge in [0, 0.05) is 13.7 Å². The molecule has 1 aliphatic carbocycles. The molecule has 4 heteroatoms. The zero-order valence-corrected chi connectivity index (χ0v) is 8.64. The van der Waals surface area contributed by atoms with Gasteiger partial charge in [-0.1, -0.05) is 24.3 Å². The van der Waals surface area contributed by atoms with E-state index in [0.29, 0.717) is 6.54 Å². The zero-order chi connectivity index (χ0) is 11.3. The molecule has 0 aliphatic heterocycles. The van der Waals surface area contributed by atoms with Gasteiger partial charge in [-0.15, -0.1) is 0 Å². The Hall–Kier alpha value is -1.39. The molecule has 0 saturated heterocycles. The van der Waals surface area contributed by atoms with Crippen molar-refractivity contribution in [1.29, 1.82) is 0 Å². The molecule has 1 rings (SSSR count). The molecule has 0 fully saturated rings. The molecular weight excluding hydrogens is 194 g/mol. The molecule has 0 radical (unpaired) electrons. The maximum atomic E-state index is 10.5. The van der Waals surface area contributed by atoms with Crippen LogP contribution in [0, 0.1) is 0 Å². The molecule has 0 spiro atoms. The van der Waals surface area contributed by atoms with Crippen molar-refractivity contribution in [2.75, 3.05) is 13.7 Å². The van der Waals surface area contributed by atoms with Crippen LogP contribution in [-0.2, 0) is 9.53 Å².